The fraction of sp³-hybridized carbons (Fsp3) is 0.222. The molecule has 1 fully saturated rings. The molecule has 0 unspecified atom stereocenters. The zero-order valence-corrected chi connectivity index (χ0v) is 15.1. The van der Waals surface area contributed by atoms with Crippen molar-refractivity contribution < 1.29 is 4.42 Å². The minimum absolute atomic E-state index is 0.455. The topological polar surface area (TPSA) is 64.7 Å². The Bertz CT molecular complexity index is 1050. The van der Waals surface area contributed by atoms with Gasteiger partial charge >= 0.3 is 0 Å². The van der Waals surface area contributed by atoms with E-state index in [-0.39, 0.29) is 0 Å². The number of aromatic nitrogens is 4. The number of nitrogens with zero attached hydrogens (tertiary/aromatic N) is 4. The summed E-state index contributed by atoms with van der Waals surface area (Å²) in [4.78, 5) is 9.86. The van der Waals surface area contributed by atoms with Crippen LogP contribution in [-0.2, 0) is 0 Å². The van der Waals surface area contributed by atoms with Crippen molar-refractivity contribution in [3.8, 4) is 11.1 Å². The third-order valence-electron chi connectivity index (χ3n) is 4.23. The van der Waals surface area contributed by atoms with Gasteiger partial charge in [-0.15, -0.1) is 21.5 Å². The summed E-state index contributed by atoms with van der Waals surface area (Å²) in [6, 6.07) is 8.51. The van der Waals surface area contributed by atoms with E-state index in [9.17, 15) is 0 Å². The second kappa shape index (κ2) is 5.93. The molecular weight excluding hydrogens is 352 g/mol. The third kappa shape index (κ3) is 2.83. The molecule has 5 rings (SSSR count). The average molecular weight is 366 g/mol. The van der Waals surface area contributed by atoms with E-state index in [1.54, 1.807) is 17.7 Å². The van der Waals surface area contributed by atoms with Crippen LogP contribution in [0.1, 0.15) is 30.2 Å². The smallest absolute Gasteiger partial charge is 0.282 e. The van der Waals surface area contributed by atoms with Crippen molar-refractivity contribution in [2.75, 3.05) is 0 Å². The van der Waals surface area contributed by atoms with Gasteiger partial charge in [0.2, 0.25) is 5.89 Å². The van der Waals surface area contributed by atoms with Crippen molar-refractivity contribution >= 4 is 33.3 Å². The molecule has 124 valence electrons. The summed E-state index contributed by atoms with van der Waals surface area (Å²) in [5, 5.41) is 12.9. The fourth-order valence-electron chi connectivity index (χ4n) is 2.71. The van der Waals surface area contributed by atoms with Gasteiger partial charge in [0.15, 0.2) is 0 Å². The van der Waals surface area contributed by atoms with Crippen LogP contribution < -0.4 is 0 Å². The van der Waals surface area contributed by atoms with Gasteiger partial charge in [-0.25, -0.2) is 9.97 Å². The van der Waals surface area contributed by atoms with Crippen LogP contribution in [-0.4, -0.2) is 20.2 Å². The molecule has 0 atom stereocenters. The Morgan fingerprint density at radius 2 is 1.96 bits per heavy atom. The van der Waals surface area contributed by atoms with Gasteiger partial charge in [0.1, 0.15) is 16.2 Å². The first-order valence-corrected chi connectivity index (χ1v) is 9.78. The average Bonchev–Trinajstić information content (AvgIpc) is 3.21. The third-order valence-corrected chi connectivity index (χ3v) is 5.96. The van der Waals surface area contributed by atoms with E-state index in [1.807, 2.05) is 0 Å². The Morgan fingerprint density at radius 3 is 2.76 bits per heavy atom. The number of thiophene rings is 1. The highest BCUT2D eigenvalue weighted by molar-refractivity contribution is 7.99. The van der Waals surface area contributed by atoms with Crippen LogP contribution in [0.25, 0.3) is 21.3 Å². The minimum Gasteiger partial charge on any atom is -0.415 e. The highest BCUT2D eigenvalue weighted by Gasteiger charge is 2.29. The zero-order chi connectivity index (χ0) is 16.8. The Kier molecular flexibility index (Phi) is 3.57. The Morgan fingerprint density at radius 1 is 1.12 bits per heavy atom. The van der Waals surface area contributed by atoms with Crippen molar-refractivity contribution in [3.05, 3.63) is 47.4 Å². The molecule has 4 aromatic rings. The van der Waals surface area contributed by atoms with Crippen LogP contribution >= 0.6 is 23.1 Å². The van der Waals surface area contributed by atoms with Gasteiger partial charge in [-0.3, -0.25) is 0 Å². The molecule has 0 radical (unpaired) electrons. The van der Waals surface area contributed by atoms with E-state index >= 15 is 0 Å². The monoisotopic (exact) mass is 366 g/mol. The van der Waals surface area contributed by atoms with Crippen molar-refractivity contribution in [1.82, 2.24) is 20.2 Å². The van der Waals surface area contributed by atoms with Gasteiger partial charge in [-0.1, -0.05) is 29.8 Å². The summed E-state index contributed by atoms with van der Waals surface area (Å²) in [5.74, 6) is 1.20. The standard InChI is InChI=1S/C18H14N4OS2/c1-10-2-4-11(5-3-10)13-8-24-16-14(13)17(20-9-19-16)25-18-22-21-15(23-18)12-6-7-12/h2-5,8-9,12H,6-7H2,1H3. The van der Waals surface area contributed by atoms with Crippen molar-refractivity contribution in [3.63, 3.8) is 0 Å². The van der Waals surface area contributed by atoms with Gasteiger partial charge in [-0.2, -0.15) is 0 Å². The predicted octanol–water partition coefficient (Wildman–Crippen LogP) is 5.08. The molecule has 1 saturated carbocycles. The summed E-state index contributed by atoms with van der Waals surface area (Å²) >= 11 is 3.04. The summed E-state index contributed by atoms with van der Waals surface area (Å²) < 4.78 is 5.78. The molecule has 1 aliphatic rings. The molecule has 1 aromatic carbocycles. The van der Waals surface area contributed by atoms with Gasteiger partial charge in [0, 0.05) is 16.9 Å². The number of benzene rings is 1. The first-order chi connectivity index (χ1) is 12.3. The number of aryl methyl sites for hydroxylation is 1. The molecule has 0 N–H and O–H groups in total. The molecule has 1 aliphatic carbocycles. The summed E-state index contributed by atoms with van der Waals surface area (Å²) in [7, 11) is 0. The van der Waals surface area contributed by atoms with Crippen LogP contribution in [0, 0.1) is 6.92 Å². The molecule has 0 saturated heterocycles. The summed E-state index contributed by atoms with van der Waals surface area (Å²) in [6.45, 7) is 2.09. The van der Waals surface area contributed by atoms with Crippen LogP contribution in [0.2, 0.25) is 0 Å². The van der Waals surface area contributed by atoms with Crippen LogP contribution in [0.4, 0.5) is 0 Å². The first kappa shape index (κ1) is 15.0. The van der Waals surface area contributed by atoms with Crippen molar-refractivity contribution in [1.29, 1.82) is 0 Å². The van der Waals surface area contributed by atoms with E-state index in [2.05, 4.69) is 56.7 Å². The Labute approximate surface area is 152 Å². The lowest BCUT2D eigenvalue weighted by atomic mass is 10.1. The maximum atomic E-state index is 5.78. The Hall–Kier alpha value is -2.25. The fourth-order valence-corrected chi connectivity index (χ4v) is 4.47. The summed E-state index contributed by atoms with van der Waals surface area (Å²) in [5.41, 5.74) is 3.55. The maximum Gasteiger partial charge on any atom is 0.282 e. The van der Waals surface area contributed by atoms with Crippen LogP contribution in [0.15, 0.2) is 50.6 Å². The second-order valence-corrected chi connectivity index (χ2v) is 7.96. The number of hydrogen-bond acceptors (Lipinski definition) is 7. The lowest BCUT2D eigenvalue weighted by Crippen LogP contribution is -1.86. The zero-order valence-electron chi connectivity index (χ0n) is 13.5. The molecule has 25 heavy (non-hydrogen) atoms. The normalized spacial score (nSPS) is 14.3. The summed E-state index contributed by atoms with van der Waals surface area (Å²) in [6.07, 6.45) is 3.89. The Balaban J connectivity index is 1.57. The molecule has 3 heterocycles. The quantitative estimate of drug-likeness (QED) is 0.469. The maximum absolute atomic E-state index is 5.78. The largest absolute Gasteiger partial charge is 0.415 e. The van der Waals surface area contributed by atoms with E-state index < -0.39 is 0 Å². The SMILES string of the molecule is Cc1ccc(-c2csc3ncnc(Sc4nnc(C5CC5)o4)c23)cc1. The molecule has 0 bridgehead atoms. The van der Waals surface area contributed by atoms with Crippen LogP contribution in [0.5, 0.6) is 0 Å². The number of fused-ring (bicyclic) bond motifs is 1. The first-order valence-electron chi connectivity index (χ1n) is 8.08. The van der Waals surface area contributed by atoms with Crippen LogP contribution in [0.3, 0.4) is 0 Å². The molecule has 0 aliphatic heterocycles. The van der Waals surface area contributed by atoms with Gasteiger partial charge in [0.05, 0.1) is 5.39 Å². The van der Waals surface area contributed by atoms with E-state index in [1.165, 1.54) is 17.3 Å². The number of hydrogen-bond donors (Lipinski definition) is 0. The molecule has 3 aromatic heterocycles. The highest BCUT2D eigenvalue weighted by atomic mass is 32.2. The molecule has 5 nitrogen and oxygen atoms in total. The van der Waals surface area contributed by atoms with Gasteiger partial charge < -0.3 is 4.42 Å². The molecule has 0 amide bonds. The van der Waals surface area contributed by atoms with Crippen molar-refractivity contribution in [2.24, 2.45) is 0 Å². The van der Waals surface area contributed by atoms with Gasteiger partial charge in [-0.05, 0) is 37.1 Å². The van der Waals surface area contributed by atoms with E-state index in [4.69, 9.17) is 4.42 Å². The molecule has 7 heteroatoms. The lowest BCUT2D eigenvalue weighted by molar-refractivity contribution is 0.414. The highest BCUT2D eigenvalue weighted by Crippen LogP contribution is 2.42. The van der Waals surface area contributed by atoms with E-state index in [0.29, 0.717) is 11.1 Å². The predicted molar refractivity (Wildman–Crippen MR) is 98.0 cm³/mol. The van der Waals surface area contributed by atoms with Gasteiger partial charge in [0.25, 0.3) is 5.22 Å². The number of rotatable bonds is 4. The molecular formula is C18H14N4OS2. The minimum atomic E-state index is 0.455. The van der Waals surface area contributed by atoms with E-state index in [0.717, 1.165) is 45.1 Å². The second-order valence-electron chi connectivity index (χ2n) is 6.16. The lowest BCUT2D eigenvalue weighted by Gasteiger charge is -2.03. The van der Waals surface area contributed by atoms with Crippen molar-refractivity contribution in [2.45, 2.75) is 35.9 Å². The molecule has 0 spiro atoms.